The molecule has 0 saturated heterocycles. The molecule has 0 aromatic heterocycles. The maximum absolute atomic E-state index is 11.2. The molecule has 0 heterocycles. The minimum atomic E-state index is -1.10. The summed E-state index contributed by atoms with van der Waals surface area (Å²) in [5.74, 6) is -1.15. The Kier molecular flexibility index (Phi) is 7.02. The second-order valence-electron chi connectivity index (χ2n) is 3.50. The van der Waals surface area contributed by atoms with Gasteiger partial charge in [-0.05, 0) is 6.42 Å². The van der Waals surface area contributed by atoms with Crippen LogP contribution in [0, 0.1) is 0 Å². The lowest BCUT2D eigenvalue weighted by Crippen LogP contribution is -2.32. The van der Waals surface area contributed by atoms with Crippen LogP contribution in [0.3, 0.4) is 0 Å². The lowest BCUT2D eigenvalue weighted by atomic mass is 10.1. The summed E-state index contributed by atoms with van der Waals surface area (Å²) < 4.78 is 0. The monoisotopic (exact) mass is 201 g/mol. The summed E-state index contributed by atoms with van der Waals surface area (Å²) in [5.41, 5.74) is 5.23. The fraction of sp³-hybridized carbons (Fsp3) is 0.800. The van der Waals surface area contributed by atoms with Crippen molar-refractivity contribution in [3.63, 3.8) is 0 Å². The van der Waals surface area contributed by atoms with Gasteiger partial charge in [-0.2, -0.15) is 0 Å². The zero-order valence-electron chi connectivity index (χ0n) is 8.66. The third kappa shape index (κ3) is 6.60. The van der Waals surface area contributed by atoms with Crippen LogP contribution in [0.1, 0.15) is 45.4 Å². The van der Waals surface area contributed by atoms with Gasteiger partial charge >= 0.3 is 5.97 Å². The molecular formula is C10H19NO3. The maximum Gasteiger partial charge on any atom is 0.320 e. The van der Waals surface area contributed by atoms with E-state index in [-0.39, 0.29) is 12.2 Å². The number of carboxylic acids is 1. The van der Waals surface area contributed by atoms with Crippen molar-refractivity contribution in [2.24, 2.45) is 5.73 Å². The quantitative estimate of drug-likeness (QED) is 0.580. The van der Waals surface area contributed by atoms with Crippen molar-refractivity contribution >= 4 is 11.8 Å². The van der Waals surface area contributed by atoms with Crippen molar-refractivity contribution < 1.29 is 14.7 Å². The lowest BCUT2D eigenvalue weighted by Gasteiger charge is -2.04. The van der Waals surface area contributed by atoms with Gasteiger partial charge < -0.3 is 10.8 Å². The highest BCUT2D eigenvalue weighted by Gasteiger charge is 2.15. The van der Waals surface area contributed by atoms with Gasteiger partial charge in [0.25, 0.3) is 0 Å². The van der Waals surface area contributed by atoms with E-state index in [0.717, 1.165) is 25.7 Å². The second-order valence-corrected chi connectivity index (χ2v) is 3.50. The molecule has 0 amide bonds. The number of carboxylic acid groups (broad SMARTS) is 1. The Balaban J connectivity index is 3.50. The molecule has 4 nitrogen and oxygen atoms in total. The van der Waals surface area contributed by atoms with Gasteiger partial charge in [-0.15, -0.1) is 0 Å². The van der Waals surface area contributed by atoms with Gasteiger partial charge in [0.15, 0.2) is 0 Å². The molecule has 0 fully saturated rings. The van der Waals surface area contributed by atoms with Crippen molar-refractivity contribution in [1.82, 2.24) is 0 Å². The molecule has 4 heteroatoms. The molecule has 0 aliphatic rings. The molecule has 0 radical (unpaired) electrons. The molecule has 14 heavy (non-hydrogen) atoms. The second kappa shape index (κ2) is 7.50. The number of hydrogen-bond donors (Lipinski definition) is 2. The number of unbranched alkanes of at least 4 members (excludes halogenated alkanes) is 3. The van der Waals surface area contributed by atoms with Gasteiger partial charge in [0.1, 0.15) is 11.8 Å². The number of carbonyl (C=O) groups excluding carboxylic acids is 1. The van der Waals surface area contributed by atoms with Gasteiger partial charge in [-0.1, -0.05) is 26.2 Å². The van der Waals surface area contributed by atoms with Crippen LogP contribution in [-0.2, 0) is 9.59 Å². The van der Waals surface area contributed by atoms with Crippen LogP contribution >= 0.6 is 0 Å². The van der Waals surface area contributed by atoms with Crippen LogP contribution in [0.2, 0.25) is 0 Å². The van der Waals surface area contributed by atoms with Gasteiger partial charge in [0, 0.05) is 12.8 Å². The van der Waals surface area contributed by atoms with Crippen LogP contribution in [0.25, 0.3) is 0 Å². The van der Waals surface area contributed by atoms with E-state index >= 15 is 0 Å². The lowest BCUT2D eigenvalue weighted by molar-refractivity contribution is -0.140. The first-order chi connectivity index (χ1) is 6.57. The molecule has 0 aromatic carbocycles. The standard InChI is InChI=1S/C10H19NO3/c1-2-3-4-5-6-8(12)7-9(11)10(13)14/h9H,2-7,11H2,1H3,(H,13,14)/t9-/m0/s1. The van der Waals surface area contributed by atoms with E-state index in [1.165, 1.54) is 0 Å². The zero-order valence-corrected chi connectivity index (χ0v) is 8.66. The van der Waals surface area contributed by atoms with Crippen molar-refractivity contribution in [3.8, 4) is 0 Å². The van der Waals surface area contributed by atoms with Crippen LogP contribution < -0.4 is 5.73 Å². The van der Waals surface area contributed by atoms with Gasteiger partial charge in [-0.25, -0.2) is 0 Å². The van der Waals surface area contributed by atoms with E-state index in [1.807, 2.05) is 0 Å². The first-order valence-corrected chi connectivity index (χ1v) is 5.08. The minimum absolute atomic E-state index is 0.0402. The summed E-state index contributed by atoms with van der Waals surface area (Å²) in [6.45, 7) is 2.10. The van der Waals surface area contributed by atoms with E-state index in [2.05, 4.69) is 6.92 Å². The average Bonchev–Trinajstić information content (AvgIpc) is 2.12. The minimum Gasteiger partial charge on any atom is -0.480 e. The third-order valence-electron chi connectivity index (χ3n) is 2.07. The van der Waals surface area contributed by atoms with Crippen LogP contribution in [0.5, 0.6) is 0 Å². The van der Waals surface area contributed by atoms with Crippen molar-refractivity contribution in [2.45, 2.75) is 51.5 Å². The largest absolute Gasteiger partial charge is 0.480 e. The molecule has 0 spiro atoms. The first-order valence-electron chi connectivity index (χ1n) is 5.08. The van der Waals surface area contributed by atoms with Crippen LogP contribution in [0.4, 0.5) is 0 Å². The highest BCUT2D eigenvalue weighted by atomic mass is 16.4. The highest BCUT2D eigenvalue weighted by Crippen LogP contribution is 2.05. The highest BCUT2D eigenvalue weighted by molar-refractivity contribution is 5.85. The van der Waals surface area contributed by atoms with Gasteiger partial charge in [0.05, 0.1) is 0 Å². The smallest absolute Gasteiger partial charge is 0.320 e. The topological polar surface area (TPSA) is 80.4 Å². The molecule has 0 aliphatic heterocycles. The Morgan fingerprint density at radius 2 is 1.93 bits per heavy atom. The molecule has 0 rings (SSSR count). The van der Waals surface area contributed by atoms with Gasteiger partial charge in [-0.3, -0.25) is 9.59 Å². The van der Waals surface area contributed by atoms with Crippen molar-refractivity contribution in [3.05, 3.63) is 0 Å². The fourth-order valence-corrected chi connectivity index (χ4v) is 1.18. The summed E-state index contributed by atoms with van der Waals surface area (Å²) in [6, 6.07) is -1.03. The Bertz CT molecular complexity index is 192. The summed E-state index contributed by atoms with van der Waals surface area (Å²) in [7, 11) is 0. The molecule has 0 aromatic rings. The summed E-state index contributed by atoms with van der Waals surface area (Å²) in [4.78, 5) is 21.5. The maximum atomic E-state index is 11.2. The summed E-state index contributed by atoms with van der Waals surface area (Å²) in [6.07, 6.45) is 4.55. The molecule has 0 aliphatic carbocycles. The average molecular weight is 201 g/mol. The number of hydrogen-bond acceptors (Lipinski definition) is 3. The Hall–Kier alpha value is -0.900. The Labute approximate surface area is 84.5 Å². The SMILES string of the molecule is CCCCCCC(=O)C[C@H](N)C(=O)O. The molecule has 3 N–H and O–H groups in total. The fourth-order valence-electron chi connectivity index (χ4n) is 1.18. The predicted octanol–water partition coefficient (Wildman–Crippen LogP) is 1.33. The summed E-state index contributed by atoms with van der Waals surface area (Å²) in [5, 5.41) is 8.46. The number of nitrogens with two attached hydrogens (primary N) is 1. The zero-order chi connectivity index (χ0) is 11.0. The normalized spacial score (nSPS) is 12.4. The first kappa shape index (κ1) is 13.1. The molecule has 0 saturated carbocycles. The number of rotatable bonds is 8. The van der Waals surface area contributed by atoms with Crippen molar-refractivity contribution in [2.75, 3.05) is 0 Å². The molecule has 0 unspecified atom stereocenters. The van der Waals surface area contributed by atoms with E-state index in [4.69, 9.17) is 10.8 Å². The molecule has 0 bridgehead atoms. The molecule has 82 valence electrons. The van der Waals surface area contributed by atoms with E-state index in [0.29, 0.717) is 6.42 Å². The van der Waals surface area contributed by atoms with E-state index in [1.54, 1.807) is 0 Å². The van der Waals surface area contributed by atoms with Crippen LogP contribution in [0.15, 0.2) is 0 Å². The Morgan fingerprint density at radius 3 is 2.43 bits per heavy atom. The number of Topliss-reactive ketones (excluding diaryl/α,β-unsaturated/α-hetero) is 1. The number of carbonyl (C=O) groups is 2. The van der Waals surface area contributed by atoms with Crippen molar-refractivity contribution in [1.29, 1.82) is 0 Å². The van der Waals surface area contributed by atoms with E-state index < -0.39 is 12.0 Å². The van der Waals surface area contributed by atoms with Gasteiger partial charge in [0.2, 0.25) is 0 Å². The predicted molar refractivity (Wildman–Crippen MR) is 54.0 cm³/mol. The van der Waals surface area contributed by atoms with Crippen LogP contribution in [-0.4, -0.2) is 22.9 Å². The third-order valence-corrected chi connectivity index (χ3v) is 2.07. The Morgan fingerprint density at radius 1 is 1.29 bits per heavy atom. The number of aliphatic carboxylic acids is 1. The molecule has 1 atom stereocenters. The summed E-state index contributed by atoms with van der Waals surface area (Å²) >= 11 is 0. The molecular weight excluding hydrogens is 182 g/mol. The van der Waals surface area contributed by atoms with E-state index in [9.17, 15) is 9.59 Å². The number of ketones is 1.